The van der Waals surface area contributed by atoms with Gasteiger partial charge in [0.15, 0.2) is 5.13 Å². The van der Waals surface area contributed by atoms with Crippen molar-refractivity contribution in [1.29, 1.82) is 0 Å². The average Bonchev–Trinajstić information content (AvgIpc) is 3.49. The zero-order valence-electron chi connectivity index (χ0n) is 19.7. The van der Waals surface area contributed by atoms with Crippen LogP contribution in [0.4, 0.5) is 5.13 Å². The van der Waals surface area contributed by atoms with Crippen LogP contribution in [-0.4, -0.2) is 75.4 Å². The van der Waals surface area contributed by atoms with Gasteiger partial charge < -0.3 is 9.64 Å². The fourth-order valence-electron chi connectivity index (χ4n) is 4.16. The molecule has 0 N–H and O–H groups in total. The first-order valence-corrected chi connectivity index (χ1v) is 13.5. The number of benzene rings is 2. The van der Waals surface area contributed by atoms with E-state index in [2.05, 4.69) is 4.90 Å². The Morgan fingerprint density at radius 2 is 1.88 bits per heavy atom. The smallest absolute Gasteiger partial charge is 0.247 e. The van der Waals surface area contributed by atoms with Crippen molar-refractivity contribution >= 4 is 42.6 Å². The summed E-state index contributed by atoms with van der Waals surface area (Å²) in [5, 5.41) is 0.610. The Hall–Kier alpha value is -2.53. The number of rotatable bonds is 9. The molecule has 1 fully saturated rings. The molecule has 0 aliphatic carbocycles. The van der Waals surface area contributed by atoms with Crippen LogP contribution in [0.3, 0.4) is 0 Å². The number of nitrogens with zero attached hydrogens (tertiary/aromatic N) is 4. The number of amides is 1. The lowest BCUT2D eigenvalue weighted by Crippen LogP contribution is -2.48. The molecule has 34 heavy (non-hydrogen) atoms. The van der Waals surface area contributed by atoms with Crippen molar-refractivity contribution < 1.29 is 17.9 Å². The molecule has 1 aliphatic heterocycles. The number of hydrogen-bond acceptors (Lipinski definition) is 7. The third kappa shape index (κ3) is 5.10. The molecule has 182 valence electrons. The zero-order valence-corrected chi connectivity index (χ0v) is 21.3. The Balaban J connectivity index is 1.63. The predicted molar refractivity (Wildman–Crippen MR) is 135 cm³/mol. The first kappa shape index (κ1) is 24.6. The van der Waals surface area contributed by atoms with Crippen molar-refractivity contribution in [1.82, 2.24) is 14.2 Å². The zero-order chi connectivity index (χ0) is 24.3. The molecule has 1 saturated heterocycles. The number of thiazole rings is 1. The molecule has 1 amide bonds. The van der Waals surface area contributed by atoms with Crippen molar-refractivity contribution in [3.05, 3.63) is 48.5 Å². The van der Waals surface area contributed by atoms with Crippen LogP contribution in [0.15, 0.2) is 53.4 Å². The van der Waals surface area contributed by atoms with Crippen LogP contribution in [0.5, 0.6) is 5.75 Å². The van der Waals surface area contributed by atoms with Gasteiger partial charge in [-0.1, -0.05) is 23.5 Å². The van der Waals surface area contributed by atoms with Crippen LogP contribution in [0.25, 0.3) is 10.2 Å². The molecular formula is C24H30N4O4S2. The number of carbonyl (C=O) groups is 1. The second-order valence-electron chi connectivity index (χ2n) is 8.56. The second kappa shape index (κ2) is 10.4. The van der Waals surface area contributed by atoms with E-state index < -0.39 is 16.1 Å². The Morgan fingerprint density at radius 3 is 2.56 bits per heavy atom. The lowest BCUT2D eigenvalue weighted by Gasteiger charge is -2.29. The number of hydrogen-bond donors (Lipinski definition) is 0. The minimum absolute atomic E-state index is 0.159. The summed E-state index contributed by atoms with van der Waals surface area (Å²) in [6.45, 7) is 1.60. The largest absolute Gasteiger partial charge is 0.497 e. The topological polar surface area (TPSA) is 83.0 Å². The minimum Gasteiger partial charge on any atom is -0.497 e. The highest BCUT2D eigenvalue weighted by Gasteiger charge is 2.42. The Kier molecular flexibility index (Phi) is 7.51. The number of carbonyl (C=O) groups excluding carboxylic acids is 1. The third-order valence-corrected chi connectivity index (χ3v) is 8.90. The summed E-state index contributed by atoms with van der Waals surface area (Å²) in [5.41, 5.74) is 0.835. The number of para-hydroxylation sites is 1. The molecule has 10 heteroatoms. The number of methoxy groups -OCH3 is 1. The van der Waals surface area contributed by atoms with E-state index in [1.54, 1.807) is 17.0 Å². The molecular weight excluding hydrogens is 472 g/mol. The monoisotopic (exact) mass is 502 g/mol. The molecule has 1 aliphatic rings. The van der Waals surface area contributed by atoms with Gasteiger partial charge in [-0.3, -0.25) is 9.69 Å². The van der Waals surface area contributed by atoms with Gasteiger partial charge in [0, 0.05) is 13.1 Å². The normalized spacial score (nSPS) is 16.9. The van der Waals surface area contributed by atoms with E-state index in [4.69, 9.17) is 9.72 Å². The van der Waals surface area contributed by atoms with E-state index >= 15 is 0 Å². The highest BCUT2D eigenvalue weighted by atomic mass is 32.2. The standard InChI is InChI=1S/C24H30N4O4S2/c1-26(2)15-7-16-27(24-25-20-8-4-5-10-22(20)33-24)23(29)21-9-6-17-28(21)34(30,31)19-13-11-18(32-3)12-14-19/h4-5,8,10-14,21H,6-7,9,15-17H2,1-3H3. The number of fused-ring (bicyclic) bond motifs is 1. The summed E-state index contributed by atoms with van der Waals surface area (Å²) < 4.78 is 34.4. The predicted octanol–water partition coefficient (Wildman–Crippen LogP) is 3.44. The van der Waals surface area contributed by atoms with Gasteiger partial charge >= 0.3 is 0 Å². The van der Waals surface area contributed by atoms with Gasteiger partial charge in [0.25, 0.3) is 0 Å². The van der Waals surface area contributed by atoms with Crippen LogP contribution in [0.1, 0.15) is 19.3 Å². The summed E-state index contributed by atoms with van der Waals surface area (Å²) in [7, 11) is 1.69. The van der Waals surface area contributed by atoms with Crippen molar-refractivity contribution in [3.63, 3.8) is 0 Å². The molecule has 1 atom stereocenters. The molecule has 0 bridgehead atoms. The van der Waals surface area contributed by atoms with Gasteiger partial charge in [0.2, 0.25) is 15.9 Å². The van der Waals surface area contributed by atoms with E-state index in [-0.39, 0.29) is 10.8 Å². The van der Waals surface area contributed by atoms with E-state index in [9.17, 15) is 13.2 Å². The SMILES string of the molecule is COc1ccc(S(=O)(=O)N2CCCC2C(=O)N(CCCN(C)C)c2nc3ccccc3s2)cc1. The molecule has 0 spiro atoms. The van der Waals surface area contributed by atoms with Crippen molar-refractivity contribution in [2.75, 3.05) is 45.7 Å². The van der Waals surface area contributed by atoms with Gasteiger partial charge in [0.05, 0.1) is 22.2 Å². The van der Waals surface area contributed by atoms with Gasteiger partial charge in [-0.2, -0.15) is 4.31 Å². The maximum absolute atomic E-state index is 13.8. The van der Waals surface area contributed by atoms with Gasteiger partial charge in [-0.15, -0.1) is 0 Å². The number of sulfonamides is 1. The van der Waals surface area contributed by atoms with Crippen molar-refractivity contribution in [2.45, 2.75) is 30.2 Å². The van der Waals surface area contributed by atoms with Crippen LogP contribution < -0.4 is 9.64 Å². The molecule has 1 aromatic heterocycles. The first-order chi connectivity index (χ1) is 16.3. The molecule has 0 saturated carbocycles. The fraction of sp³-hybridized carbons (Fsp3) is 0.417. The van der Waals surface area contributed by atoms with E-state index in [0.29, 0.717) is 36.8 Å². The molecule has 4 rings (SSSR count). The van der Waals surface area contributed by atoms with Crippen LogP contribution >= 0.6 is 11.3 Å². The van der Waals surface area contributed by atoms with Crippen LogP contribution in [-0.2, 0) is 14.8 Å². The highest BCUT2D eigenvalue weighted by Crippen LogP contribution is 2.33. The molecule has 1 unspecified atom stereocenters. The summed E-state index contributed by atoms with van der Waals surface area (Å²) >= 11 is 1.46. The lowest BCUT2D eigenvalue weighted by atomic mass is 10.2. The molecule has 2 aromatic carbocycles. The van der Waals surface area contributed by atoms with Crippen molar-refractivity contribution in [3.8, 4) is 5.75 Å². The lowest BCUT2D eigenvalue weighted by molar-refractivity contribution is -0.121. The van der Waals surface area contributed by atoms with E-state index in [1.165, 1.54) is 34.9 Å². The average molecular weight is 503 g/mol. The third-order valence-electron chi connectivity index (χ3n) is 5.92. The summed E-state index contributed by atoms with van der Waals surface area (Å²) in [5.74, 6) is 0.364. The summed E-state index contributed by atoms with van der Waals surface area (Å²) in [4.78, 5) is 22.4. The quantitative estimate of drug-likeness (QED) is 0.446. The van der Waals surface area contributed by atoms with Crippen molar-refractivity contribution in [2.24, 2.45) is 0 Å². The fourth-order valence-corrected chi connectivity index (χ4v) is 6.81. The number of ether oxygens (including phenoxy) is 1. The molecule has 0 radical (unpaired) electrons. The molecule has 3 aromatic rings. The van der Waals surface area contributed by atoms with Gasteiger partial charge in [-0.05, 0) is 76.3 Å². The van der Waals surface area contributed by atoms with E-state index in [0.717, 1.165) is 23.2 Å². The van der Waals surface area contributed by atoms with E-state index in [1.807, 2.05) is 38.4 Å². The first-order valence-electron chi connectivity index (χ1n) is 11.3. The van der Waals surface area contributed by atoms with Gasteiger partial charge in [-0.25, -0.2) is 13.4 Å². The van der Waals surface area contributed by atoms with Gasteiger partial charge in [0.1, 0.15) is 11.8 Å². The molecule has 8 nitrogen and oxygen atoms in total. The Labute approximate surface area is 204 Å². The Bertz CT molecular complexity index is 1210. The minimum atomic E-state index is -3.83. The second-order valence-corrected chi connectivity index (χ2v) is 11.5. The molecule has 2 heterocycles. The summed E-state index contributed by atoms with van der Waals surface area (Å²) in [6.07, 6.45) is 1.88. The Morgan fingerprint density at radius 1 is 1.15 bits per heavy atom. The highest BCUT2D eigenvalue weighted by molar-refractivity contribution is 7.89. The number of aromatic nitrogens is 1. The number of anilines is 1. The summed E-state index contributed by atoms with van der Waals surface area (Å²) in [6, 6.07) is 13.3. The van der Waals surface area contributed by atoms with Crippen LogP contribution in [0.2, 0.25) is 0 Å². The maximum atomic E-state index is 13.8. The maximum Gasteiger partial charge on any atom is 0.247 e. The van der Waals surface area contributed by atoms with Crippen LogP contribution in [0, 0.1) is 0 Å².